The zero-order chi connectivity index (χ0) is 14.7. The van der Waals surface area contributed by atoms with Gasteiger partial charge in [-0.25, -0.2) is 0 Å². The van der Waals surface area contributed by atoms with Crippen LogP contribution in [0, 0.1) is 0 Å². The van der Waals surface area contributed by atoms with Crippen LogP contribution in [0.5, 0.6) is 0 Å². The first-order valence-electron chi connectivity index (χ1n) is 6.31. The van der Waals surface area contributed by atoms with Crippen LogP contribution in [-0.4, -0.2) is 19.6 Å². The van der Waals surface area contributed by atoms with Gasteiger partial charge in [0.1, 0.15) is 0 Å². The Kier molecular flexibility index (Phi) is 4.96. The second-order valence-electron chi connectivity index (χ2n) is 6.40. The van der Waals surface area contributed by atoms with Gasteiger partial charge in [-0.1, -0.05) is 0 Å². The molecule has 2 aromatic heterocycles. The van der Waals surface area contributed by atoms with Gasteiger partial charge in [-0.05, 0) is 63.5 Å². The standard InChI is InChI=1S/C7H11BrN2.C7H12N2/c1-7(2,3)10-5-6(8)4-9-10;1-7(2,3)9-6-4-5-8-9/h4-5H,1-3H3;4-6H,1-3H3. The molecule has 0 N–H and O–H groups in total. The molecular weight excluding hydrogens is 304 g/mol. The van der Waals surface area contributed by atoms with Crippen molar-refractivity contribution in [2.24, 2.45) is 0 Å². The maximum Gasteiger partial charge on any atom is 0.0632 e. The van der Waals surface area contributed by atoms with Gasteiger partial charge < -0.3 is 0 Å². The van der Waals surface area contributed by atoms with Gasteiger partial charge in [0.05, 0.1) is 21.7 Å². The molecule has 0 saturated heterocycles. The lowest BCUT2D eigenvalue weighted by atomic mass is 10.1. The van der Waals surface area contributed by atoms with Gasteiger partial charge in [-0.3, -0.25) is 9.36 Å². The van der Waals surface area contributed by atoms with Crippen molar-refractivity contribution in [3.05, 3.63) is 35.3 Å². The van der Waals surface area contributed by atoms with E-state index in [0.29, 0.717) is 0 Å². The Morgan fingerprint density at radius 3 is 1.74 bits per heavy atom. The predicted octanol–water partition coefficient (Wildman–Crippen LogP) is 4.04. The molecule has 19 heavy (non-hydrogen) atoms. The van der Waals surface area contributed by atoms with E-state index < -0.39 is 0 Å². The van der Waals surface area contributed by atoms with E-state index in [1.807, 2.05) is 27.8 Å². The summed E-state index contributed by atoms with van der Waals surface area (Å²) in [5, 5.41) is 8.26. The van der Waals surface area contributed by atoms with Crippen molar-refractivity contribution in [1.82, 2.24) is 19.6 Å². The van der Waals surface area contributed by atoms with Gasteiger partial charge in [0.2, 0.25) is 0 Å². The van der Waals surface area contributed by atoms with Crippen molar-refractivity contribution in [3.8, 4) is 0 Å². The van der Waals surface area contributed by atoms with E-state index in [4.69, 9.17) is 0 Å². The van der Waals surface area contributed by atoms with Crippen molar-refractivity contribution >= 4 is 15.9 Å². The molecule has 0 aliphatic rings. The van der Waals surface area contributed by atoms with Crippen LogP contribution in [0.4, 0.5) is 0 Å². The average Bonchev–Trinajstić information content (AvgIpc) is 2.84. The van der Waals surface area contributed by atoms with Crippen LogP contribution in [-0.2, 0) is 11.1 Å². The molecule has 0 saturated carbocycles. The first-order valence-corrected chi connectivity index (χ1v) is 7.11. The summed E-state index contributed by atoms with van der Waals surface area (Å²) >= 11 is 3.34. The van der Waals surface area contributed by atoms with Crippen LogP contribution in [0.2, 0.25) is 0 Å². The van der Waals surface area contributed by atoms with Crippen molar-refractivity contribution in [2.45, 2.75) is 52.6 Å². The van der Waals surface area contributed by atoms with Crippen molar-refractivity contribution in [2.75, 3.05) is 0 Å². The van der Waals surface area contributed by atoms with Gasteiger partial charge in [-0.2, -0.15) is 10.2 Å². The molecule has 2 aromatic rings. The molecule has 0 spiro atoms. The number of hydrogen-bond acceptors (Lipinski definition) is 2. The molecule has 0 aliphatic carbocycles. The van der Waals surface area contributed by atoms with Crippen molar-refractivity contribution in [1.29, 1.82) is 0 Å². The molecule has 2 heterocycles. The number of halogens is 1. The highest BCUT2D eigenvalue weighted by atomic mass is 79.9. The first kappa shape index (κ1) is 16.0. The fourth-order valence-corrected chi connectivity index (χ4v) is 1.62. The molecule has 2 rings (SSSR count). The molecule has 5 heteroatoms. The Bertz CT molecular complexity index is 486. The summed E-state index contributed by atoms with van der Waals surface area (Å²) < 4.78 is 4.90. The summed E-state index contributed by atoms with van der Waals surface area (Å²) in [4.78, 5) is 0. The third-order valence-corrected chi connectivity index (χ3v) is 2.84. The Morgan fingerprint density at radius 2 is 1.53 bits per heavy atom. The lowest BCUT2D eigenvalue weighted by molar-refractivity contribution is 0.355. The van der Waals surface area contributed by atoms with E-state index in [-0.39, 0.29) is 11.1 Å². The monoisotopic (exact) mass is 326 g/mol. The van der Waals surface area contributed by atoms with Crippen LogP contribution >= 0.6 is 15.9 Å². The van der Waals surface area contributed by atoms with Gasteiger partial charge in [-0.15, -0.1) is 0 Å². The van der Waals surface area contributed by atoms with Crippen molar-refractivity contribution < 1.29 is 0 Å². The van der Waals surface area contributed by atoms with Crippen LogP contribution in [0.1, 0.15) is 41.5 Å². The van der Waals surface area contributed by atoms with Crippen molar-refractivity contribution in [3.63, 3.8) is 0 Å². The van der Waals surface area contributed by atoms with E-state index in [2.05, 4.69) is 67.7 Å². The SMILES string of the molecule is CC(C)(C)n1cc(Br)cn1.CC(C)(C)n1cccn1. The summed E-state index contributed by atoms with van der Waals surface area (Å²) in [5.74, 6) is 0. The summed E-state index contributed by atoms with van der Waals surface area (Å²) in [6, 6.07) is 1.94. The van der Waals surface area contributed by atoms with Crippen LogP contribution in [0.25, 0.3) is 0 Å². The Hall–Kier alpha value is -1.10. The van der Waals surface area contributed by atoms with E-state index >= 15 is 0 Å². The summed E-state index contributed by atoms with van der Waals surface area (Å²) in [7, 11) is 0. The highest BCUT2D eigenvalue weighted by Crippen LogP contribution is 2.15. The molecule has 0 aromatic carbocycles. The summed E-state index contributed by atoms with van der Waals surface area (Å²) in [6.07, 6.45) is 7.54. The predicted molar refractivity (Wildman–Crippen MR) is 82.1 cm³/mol. The van der Waals surface area contributed by atoms with Gasteiger partial charge in [0.15, 0.2) is 0 Å². The Morgan fingerprint density at radius 1 is 0.947 bits per heavy atom. The molecule has 106 valence electrons. The highest BCUT2D eigenvalue weighted by molar-refractivity contribution is 9.10. The molecule has 0 fully saturated rings. The topological polar surface area (TPSA) is 35.6 Å². The Labute approximate surface area is 123 Å². The largest absolute Gasteiger partial charge is 0.268 e. The minimum atomic E-state index is 0.0893. The quantitative estimate of drug-likeness (QED) is 0.732. The molecular formula is C14H23BrN4. The molecule has 4 nitrogen and oxygen atoms in total. The Balaban J connectivity index is 0.000000191. The third-order valence-electron chi connectivity index (χ3n) is 2.43. The molecule has 0 bridgehead atoms. The van der Waals surface area contributed by atoms with E-state index in [9.17, 15) is 0 Å². The van der Waals surface area contributed by atoms with Crippen LogP contribution in [0.15, 0.2) is 35.3 Å². The maximum atomic E-state index is 4.16. The minimum absolute atomic E-state index is 0.0893. The lowest BCUT2D eigenvalue weighted by Gasteiger charge is -2.18. The maximum absolute atomic E-state index is 4.16. The second-order valence-corrected chi connectivity index (χ2v) is 7.31. The van der Waals surface area contributed by atoms with Crippen LogP contribution < -0.4 is 0 Å². The first-order chi connectivity index (χ1) is 8.60. The highest BCUT2D eigenvalue weighted by Gasteiger charge is 2.12. The molecule has 0 aliphatic heterocycles. The summed E-state index contributed by atoms with van der Waals surface area (Å²) in [5.41, 5.74) is 0.218. The van der Waals surface area contributed by atoms with Gasteiger partial charge >= 0.3 is 0 Å². The average molecular weight is 327 g/mol. The summed E-state index contributed by atoms with van der Waals surface area (Å²) in [6.45, 7) is 12.7. The zero-order valence-electron chi connectivity index (χ0n) is 12.6. The molecule has 0 radical (unpaired) electrons. The smallest absolute Gasteiger partial charge is 0.0632 e. The lowest BCUT2D eigenvalue weighted by Crippen LogP contribution is -2.21. The van der Waals surface area contributed by atoms with Gasteiger partial charge in [0.25, 0.3) is 0 Å². The number of aromatic nitrogens is 4. The molecule has 0 unspecified atom stereocenters. The number of hydrogen-bond donors (Lipinski definition) is 0. The van der Waals surface area contributed by atoms with Gasteiger partial charge in [0, 0.05) is 18.6 Å². The minimum Gasteiger partial charge on any atom is -0.268 e. The number of nitrogens with zero attached hydrogens (tertiary/aromatic N) is 4. The molecule has 0 atom stereocenters. The zero-order valence-corrected chi connectivity index (χ0v) is 14.1. The van der Waals surface area contributed by atoms with Crippen LogP contribution in [0.3, 0.4) is 0 Å². The second kappa shape index (κ2) is 5.90. The normalized spacial score (nSPS) is 11.9. The number of rotatable bonds is 0. The van der Waals surface area contributed by atoms with E-state index in [1.54, 1.807) is 12.4 Å². The van der Waals surface area contributed by atoms with E-state index in [0.717, 1.165) is 4.47 Å². The third kappa shape index (κ3) is 5.19. The fraction of sp³-hybridized carbons (Fsp3) is 0.571. The molecule has 0 amide bonds. The fourth-order valence-electron chi connectivity index (χ4n) is 1.33. The van der Waals surface area contributed by atoms with E-state index in [1.165, 1.54) is 0 Å².